The molecule has 0 aliphatic heterocycles. The first-order valence-corrected chi connectivity index (χ1v) is 5.07. The first kappa shape index (κ1) is 11.5. The Labute approximate surface area is 89.7 Å². The van der Waals surface area contributed by atoms with Gasteiger partial charge in [-0.15, -0.1) is 0 Å². The molecule has 0 saturated heterocycles. The fourth-order valence-electron chi connectivity index (χ4n) is 1.50. The molecule has 1 aromatic carbocycles. The van der Waals surface area contributed by atoms with E-state index in [2.05, 4.69) is 0 Å². The second-order valence-electron chi connectivity index (χ2n) is 3.59. The molecule has 0 bridgehead atoms. The molecule has 1 aromatic rings. The first-order chi connectivity index (χ1) is 6.56. The molecule has 2 nitrogen and oxygen atoms in total. The van der Waals surface area contributed by atoms with Crippen LogP contribution in [0.3, 0.4) is 0 Å². The van der Waals surface area contributed by atoms with Crippen molar-refractivity contribution in [2.75, 3.05) is 6.61 Å². The van der Waals surface area contributed by atoms with Gasteiger partial charge in [-0.05, 0) is 37.0 Å². The van der Waals surface area contributed by atoms with Crippen LogP contribution < -0.4 is 5.73 Å². The van der Waals surface area contributed by atoms with Crippen LogP contribution in [0, 0.1) is 13.8 Å². The van der Waals surface area contributed by atoms with E-state index < -0.39 is 0 Å². The van der Waals surface area contributed by atoms with Gasteiger partial charge in [-0.25, -0.2) is 0 Å². The SMILES string of the molecule is Cc1cc([C@H](N)CCO)cc(C)c1Cl. The summed E-state index contributed by atoms with van der Waals surface area (Å²) in [4.78, 5) is 0. The number of aliphatic hydroxyl groups is 1. The van der Waals surface area contributed by atoms with Crippen LogP contribution in [0.1, 0.15) is 29.2 Å². The standard InChI is InChI=1S/C11H16ClNO/c1-7-5-9(10(13)3-4-14)6-8(2)11(7)12/h5-6,10,14H,3-4,13H2,1-2H3/t10-/m1/s1. The number of halogens is 1. The molecule has 3 N–H and O–H groups in total. The molecule has 0 aliphatic rings. The lowest BCUT2D eigenvalue weighted by Crippen LogP contribution is -2.12. The van der Waals surface area contributed by atoms with Crippen molar-refractivity contribution < 1.29 is 5.11 Å². The van der Waals surface area contributed by atoms with Crippen molar-refractivity contribution >= 4 is 11.6 Å². The smallest absolute Gasteiger partial charge is 0.0464 e. The van der Waals surface area contributed by atoms with Crippen molar-refractivity contribution in [1.29, 1.82) is 0 Å². The molecule has 0 aliphatic carbocycles. The lowest BCUT2D eigenvalue weighted by atomic mass is 10.00. The summed E-state index contributed by atoms with van der Waals surface area (Å²) in [5.41, 5.74) is 9.00. The van der Waals surface area contributed by atoms with Gasteiger partial charge in [0.05, 0.1) is 0 Å². The van der Waals surface area contributed by atoms with Crippen LogP contribution in [0.2, 0.25) is 5.02 Å². The predicted octanol–water partition coefficient (Wildman–Crippen LogP) is 2.34. The number of hydrogen-bond donors (Lipinski definition) is 2. The van der Waals surface area contributed by atoms with Gasteiger partial charge in [-0.2, -0.15) is 0 Å². The highest BCUT2D eigenvalue weighted by Gasteiger charge is 2.08. The number of nitrogens with two attached hydrogens (primary N) is 1. The third-order valence-corrected chi connectivity index (χ3v) is 2.92. The minimum atomic E-state index is -0.102. The van der Waals surface area contributed by atoms with Crippen molar-refractivity contribution in [2.45, 2.75) is 26.3 Å². The Balaban J connectivity index is 3.00. The summed E-state index contributed by atoms with van der Waals surface area (Å²) in [5.74, 6) is 0. The largest absolute Gasteiger partial charge is 0.396 e. The summed E-state index contributed by atoms with van der Waals surface area (Å²) in [6.07, 6.45) is 0.584. The van der Waals surface area contributed by atoms with Crippen LogP contribution >= 0.6 is 11.6 Å². The molecule has 1 atom stereocenters. The van der Waals surface area contributed by atoms with Gasteiger partial charge in [0.15, 0.2) is 0 Å². The quantitative estimate of drug-likeness (QED) is 0.810. The maximum atomic E-state index is 8.79. The lowest BCUT2D eigenvalue weighted by molar-refractivity contribution is 0.276. The van der Waals surface area contributed by atoms with E-state index in [1.54, 1.807) is 0 Å². The zero-order chi connectivity index (χ0) is 10.7. The number of aliphatic hydroxyl groups excluding tert-OH is 1. The van der Waals surface area contributed by atoms with E-state index in [4.69, 9.17) is 22.4 Å². The molecular formula is C11H16ClNO. The molecule has 0 amide bonds. The molecule has 14 heavy (non-hydrogen) atoms. The normalized spacial score (nSPS) is 12.9. The van der Waals surface area contributed by atoms with Crippen LogP contribution in [0.15, 0.2) is 12.1 Å². The minimum Gasteiger partial charge on any atom is -0.396 e. The Bertz CT molecular complexity index is 302. The van der Waals surface area contributed by atoms with Gasteiger partial charge in [0.25, 0.3) is 0 Å². The highest BCUT2D eigenvalue weighted by Crippen LogP contribution is 2.25. The first-order valence-electron chi connectivity index (χ1n) is 4.69. The van der Waals surface area contributed by atoms with E-state index in [0.29, 0.717) is 6.42 Å². The monoisotopic (exact) mass is 213 g/mol. The van der Waals surface area contributed by atoms with Crippen molar-refractivity contribution in [1.82, 2.24) is 0 Å². The molecule has 78 valence electrons. The number of hydrogen-bond acceptors (Lipinski definition) is 2. The maximum absolute atomic E-state index is 8.79. The number of benzene rings is 1. The summed E-state index contributed by atoms with van der Waals surface area (Å²) >= 11 is 6.04. The Morgan fingerprint density at radius 3 is 2.29 bits per heavy atom. The minimum absolute atomic E-state index is 0.102. The molecule has 0 spiro atoms. The molecule has 0 saturated carbocycles. The van der Waals surface area contributed by atoms with Gasteiger partial charge < -0.3 is 10.8 Å². The van der Waals surface area contributed by atoms with Gasteiger partial charge in [0.1, 0.15) is 0 Å². The molecule has 0 unspecified atom stereocenters. The second-order valence-corrected chi connectivity index (χ2v) is 3.97. The Morgan fingerprint density at radius 1 is 1.36 bits per heavy atom. The maximum Gasteiger partial charge on any atom is 0.0464 e. The average Bonchev–Trinajstić information content (AvgIpc) is 2.13. The Hall–Kier alpha value is -0.570. The van der Waals surface area contributed by atoms with Crippen molar-refractivity contribution in [2.24, 2.45) is 5.73 Å². The van der Waals surface area contributed by atoms with Crippen LogP contribution in [0.25, 0.3) is 0 Å². The van der Waals surface area contributed by atoms with Crippen LogP contribution in [-0.4, -0.2) is 11.7 Å². The van der Waals surface area contributed by atoms with Crippen LogP contribution in [0.5, 0.6) is 0 Å². The van der Waals surface area contributed by atoms with Gasteiger partial charge >= 0.3 is 0 Å². The van der Waals surface area contributed by atoms with E-state index in [9.17, 15) is 0 Å². The van der Waals surface area contributed by atoms with Crippen LogP contribution in [-0.2, 0) is 0 Å². The lowest BCUT2D eigenvalue weighted by Gasteiger charge is -2.13. The van der Waals surface area contributed by atoms with Gasteiger partial charge in [-0.1, -0.05) is 23.7 Å². The molecule has 0 radical (unpaired) electrons. The molecule has 3 heteroatoms. The fourth-order valence-corrected chi connectivity index (χ4v) is 1.61. The summed E-state index contributed by atoms with van der Waals surface area (Å²) in [6.45, 7) is 4.04. The van der Waals surface area contributed by atoms with E-state index in [-0.39, 0.29) is 12.6 Å². The molecule has 0 aromatic heterocycles. The zero-order valence-corrected chi connectivity index (χ0v) is 9.30. The molecule has 0 fully saturated rings. The fraction of sp³-hybridized carbons (Fsp3) is 0.455. The second kappa shape index (κ2) is 4.78. The van der Waals surface area contributed by atoms with Crippen molar-refractivity contribution in [3.05, 3.63) is 33.8 Å². The zero-order valence-electron chi connectivity index (χ0n) is 8.55. The Morgan fingerprint density at radius 2 is 1.86 bits per heavy atom. The molecule has 1 rings (SSSR count). The number of rotatable bonds is 3. The van der Waals surface area contributed by atoms with Gasteiger partial charge in [0.2, 0.25) is 0 Å². The summed E-state index contributed by atoms with van der Waals surface area (Å²) < 4.78 is 0. The topological polar surface area (TPSA) is 46.2 Å². The van der Waals surface area contributed by atoms with Gasteiger partial charge in [-0.3, -0.25) is 0 Å². The van der Waals surface area contributed by atoms with Crippen molar-refractivity contribution in [3.8, 4) is 0 Å². The third-order valence-electron chi connectivity index (χ3n) is 2.33. The predicted molar refractivity (Wildman–Crippen MR) is 59.6 cm³/mol. The van der Waals surface area contributed by atoms with E-state index >= 15 is 0 Å². The van der Waals surface area contributed by atoms with E-state index in [1.807, 2.05) is 26.0 Å². The summed E-state index contributed by atoms with van der Waals surface area (Å²) in [6, 6.07) is 3.86. The van der Waals surface area contributed by atoms with Crippen molar-refractivity contribution in [3.63, 3.8) is 0 Å². The summed E-state index contributed by atoms with van der Waals surface area (Å²) in [5, 5.41) is 9.58. The average molecular weight is 214 g/mol. The van der Waals surface area contributed by atoms with E-state index in [0.717, 1.165) is 21.7 Å². The van der Waals surface area contributed by atoms with E-state index in [1.165, 1.54) is 0 Å². The molecular weight excluding hydrogens is 198 g/mol. The highest BCUT2D eigenvalue weighted by atomic mass is 35.5. The molecule has 0 heterocycles. The van der Waals surface area contributed by atoms with Crippen LogP contribution in [0.4, 0.5) is 0 Å². The third kappa shape index (κ3) is 2.47. The highest BCUT2D eigenvalue weighted by molar-refractivity contribution is 6.32. The summed E-state index contributed by atoms with van der Waals surface area (Å²) in [7, 11) is 0. The number of aryl methyl sites for hydroxylation is 2. The van der Waals surface area contributed by atoms with Gasteiger partial charge in [0, 0.05) is 17.7 Å². The Kier molecular flexibility index (Phi) is 3.93.